The zero-order chi connectivity index (χ0) is 22.4. The van der Waals surface area contributed by atoms with Crippen molar-refractivity contribution in [3.05, 3.63) is 83.1 Å². The highest BCUT2D eigenvalue weighted by atomic mass is 35.5. The molecule has 1 aromatic heterocycles. The standard InChI is InChI=1S/C28H29ClN2O/c1-3-21(2)31-28(16-17-28)18-19-32-27-14-5-22(6-15-27)4-12-26-13-9-24(20-30-26)23-7-10-25(29)11-8-23/h5-11,13-15,20-21,31H,3,16-19H2,1-2H3. The minimum absolute atomic E-state index is 0.303. The first kappa shape index (κ1) is 22.4. The summed E-state index contributed by atoms with van der Waals surface area (Å²) in [6.45, 7) is 5.21. The maximum Gasteiger partial charge on any atom is 0.119 e. The van der Waals surface area contributed by atoms with Gasteiger partial charge in [-0.25, -0.2) is 4.98 Å². The van der Waals surface area contributed by atoms with Gasteiger partial charge >= 0.3 is 0 Å². The first-order valence-electron chi connectivity index (χ1n) is 11.3. The van der Waals surface area contributed by atoms with Gasteiger partial charge in [0, 0.05) is 33.9 Å². The number of nitrogens with zero attached hydrogens (tertiary/aromatic N) is 1. The summed E-state index contributed by atoms with van der Waals surface area (Å²) in [7, 11) is 0. The van der Waals surface area contributed by atoms with Gasteiger partial charge in [0.15, 0.2) is 0 Å². The van der Waals surface area contributed by atoms with Gasteiger partial charge in [-0.05, 0) is 86.6 Å². The van der Waals surface area contributed by atoms with Crippen molar-refractivity contribution in [2.45, 2.75) is 51.1 Å². The van der Waals surface area contributed by atoms with Gasteiger partial charge in [0.1, 0.15) is 11.4 Å². The lowest BCUT2D eigenvalue weighted by atomic mass is 10.1. The van der Waals surface area contributed by atoms with Crippen LogP contribution in [0.25, 0.3) is 11.1 Å². The Bertz CT molecular complexity index is 1080. The molecule has 32 heavy (non-hydrogen) atoms. The van der Waals surface area contributed by atoms with E-state index in [0.717, 1.165) is 52.6 Å². The van der Waals surface area contributed by atoms with Crippen LogP contribution in [0.3, 0.4) is 0 Å². The second-order valence-electron chi connectivity index (χ2n) is 8.55. The molecule has 4 heteroatoms. The maximum absolute atomic E-state index is 5.97. The van der Waals surface area contributed by atoms with Crippen molar-refractivity contribution >= 4 is 11.6 Å². The van der Waals surface area contributed by atoms with Crippen LogP contribution in [-0.2, 0) is 0 Å². The summed E-state index contributed by atoms with van der Waals surface area (Å²) < 4.78 is 5.97. The summed E-state index contributed by atoms with van der Waals surface area (Å²) in [4.78, 5) is 4.47. The van der Waals surface area contributed by atoms with Crippen LogP contribution in [-0.4, -0.2) is 23.2 Å². The predicted octanol–water partition coefficient (Wildman–Crippen LogP) is 6.49. The first-order chi connectivity index (χ1) is 15.5. The number of hydrogen-bond donors (Lipinski definition) is 1. The third kappa shape index (κ3) is 6.13. The van der Waals surface area contributed by atoms with E-state index >= 15 is 0 Å². The molecule has 164 valence electrons. The van der Waals surface area contributed by atoms with Crippen molar-refractivity contribution in [3.63, 3.8) is 0 Å². The van der Waals surface area contributed by atoms with Crippen LogP contribution in [0.4, 0.5) is 0 Å². The molecule has 0 bridgehead atoms. The second-order valence-corrected chi connectivity index (χ2v) is 8.98. The van der Waals surface area contributed by atoms with E-state index in [0.29, 0.717) is 11.6 Å². The molecule has 1 unspecified atom stereocenters. The molecule has 1 heterocycles. The summed E-state index contributed by atoms with van der Waals surface area (Å²) in [5.41, 5.74) is 4.11. The highest BCUT2D eigenvalue weighted by Crippen LogP contribution is 2.39. The molecule has 0 saturated heterocycles. The van der Waals surface area contributed by atoms with Gasteiger partial charge in [0.25, 0.3) is 0 Å². The van der Waals surface area contributed by atoms with Crippen molar-refractivity contribution < 1.29 is 4.74 Å². The lowest BCUT2D eigenvalue weighted by molar-refractivity contribution is 0.270. The van der Waals surface area contributed by atoms with Crippen LogP contribution in [0.15, 0.2) is 66.9 Å². The van der Waals surface area contributed by atoms with E-state index in [1.54, 1.807) is 0 Å². The molecule has 1 fully saturated rings. The molecule has 0 spiro atoms. The molecule has 0 aliphatic heterocycles. The zero-order valence-corrected chi connectivity index (χ0v) is 19.5. The van der Waals surface area contributed by atoms with E-state index in [4.69, 9.17) is 16.3 Å². The van der Waals surface area contributed by atoms with Gasteiger partial charge in [-0.2, -0.15) is 0 Å². The van der Waals surface area contributed by atoms with Crippen LogP contribution in [0.2, 0.25) is 5.02 Å². The van der Waals surface area contributed by atoms with Crippen molar-refractivity contribution in [3.8, 4) is 28.7 Å². The molecule has 1 aliphatic rings. The number of hydrogen-bond acceptors (Lipinski definition) is 3. The molecule has 4 rings (SSSR count). The van der Waals surface area contributed by atoms with E-state index in [9.17, 15) is 0 Å². The number of aromatic nitrogens is 1. The van der Waals surface area contributed by atoms with Gasteiger partial charge < -0.3 is 10.1 Å². The Morgan fingerprint density at radius 3 is 2.34 bits per heavy atom. The minimum Gasteiger partial charge on any atom is -0.494 e. The topological polar surface area (TPSA) is 34.1 Å². The lowest BCUT2D eigenvalue weighted by Gasteiger charge is -2.22. The normalized spacial score (nSPS) is 14.8. The Morgan fingerprint density at radius 2 is 1.72 bits per heavy atom. The fraction of sp³-hybridized carbons (Fsp3) is 0.321. The van der Waals surface area contributed by atoms with Gasteiger partial charge in [0.2, 0.25) is 0 Å². The van der Waals surface area contributed by atoms with Crippen LogP contribution in [0, 0.1) is 11.8 Å². The Balaban J connectivity index is 1.29. The number of pyridine rings is 1. The molecule has 3 aromatic rings. The number of benzene rings is 2. The van der Waals surface area contributed by atoms with Crippen LogP contribution in [0.5, 0.6) is 5.75 Å². The molecule has 2 aromatic carbocycles. The molecule has 0 amide bonds. The quantitative estimate of drug-likeness (QED) is 0.403. The average molecular weight is 445 g/mol. The van der Waals surface area contributed by atoms with Crippen LogP contribution >= 0.6 is 11.6 Å². The molecular weight excluding hydrogens is 416 g/mol. The number of rotatable bonds is 8. The summed E-state index contributed by atoms with van der Waals surface area (Å²) >= 11 is 5.96. The summed E-state index contributed by atoms with van der Waals surface area (Å²) in [6.07, 6.45) is 6.56. The van der Waals surface area contributed by atoms with Crippen molar-refractivity contribution in [2.75, 3.05) is 6.61 Å². The smallest absolute Gasteiger partial charge is 0.119 e. The van der Waals surface area contributed by atoms with E-state index < -0.39 is 0 Å². The van der Waals surface area contributed by atoms with E-state index in [-0.39, 0.29) is 0 Å². The summed E-state index contributed by atoms with van der Waals surface area (Å²) in [5, 5.41) is 4.48. The molecule has 3 nitrogen and oxygen atoms in total. The van der Waals surface area contributed by atoms with Crippen molar-refractivity contribution in [2.24, 2.45) is 0 Å². The fourth-order valence-corrected chi connectivity index (χ4v) is 3.78. The number of halogens is 1. The molecule has 1 atom stereocenters. The average Bonchev–Trinajstić information content (AvgIpc) is 3.58. The minimum atomic E-state index is 0.303. The number of nitrogens with one attached hydrogen (secondary N) is 1. The van der Waals surface area contributed by atoms with Crippen LogP contribution < -0.4 is 10.1 Å². The van der Waals surface area contributed by atoms with Gasteiger partial charge in [-0.3, -0.25) is 0 Å². The second kappa shape index (κ2) is 10.2. The highest BCUT2D eigenvalue weighted by Gasteiger charge is 2.42. The third-order valence-electron chi connectivity index (χ3n) is 6.00. The molecule has 1 N–H and O–H groups in total. The third-order valence-corrected chi connectivity index (χ3v) is 6.25. The largest absolute Gasteiger partial charge is 0.494 e. The first-order valence-corrected chi connectivity index (χ1v) is 11.7. The van der Waals surface area contributed by atoms with Gasteiger partial charge in [0.05, 0.1) is 6.61 Å². The number of ether oxygens (including phenoxy) is 1. The monoisotopic (exact) mass is 444 g/mol. The van der Waals surface area contributed by atoms with Gasteiger partial charge in [-0.15, -0.1) is 0 Å². The molecular formula is C28H29ClN2O. The summed E-state index contributed by atoms with van der Waals surface area (Å²) in [6, 6.07) is 20.2. The van der Waals surface area contributed by atoms with Crippen molar-refractivity contribution in [1.82, 2.24) is 10.3 Å². The molecule has 0 radical (unpaired) electrons. The Morgan fingerprint density at radius 1 is 1.00 bits per heavy atom. The van der Waals surface area contributed by atoms with Crippen LogP contribution in [0.1, 0.15) is 50.8 Å². The molecule has 1 aliphatic carbocycles. The fourth-order valence-electron chi connectivity index (χ4n) is 3.66. The Kier molecular flexibility index (Phi) is 7.15. The van der Waals surface area contributed by atoms with E-state index in [1.807, 2.05) is 66.9 Å². The Hall–Kier alpha value is -2.80. The molecule has 1 saturated carbocycles. The zero-order valence-electron chi connectivity index (χ0n) is 18.7. The van der Waals surface area contributed by atoms with Crippen molar-refractivity contribution in [1.29, 1.82) is 0 Å². The maximum atomic E-state index is 5.97. The highest BCUT2D eigenvalue weighted by molar-refractivity contribution is 6.30. The lowest BCUT2D eigenvalue weighted by Crippen LogP contribution is -2.39. The Labute approximate surface area is 196 Å². The predicted molar refractivity (Wildman–Crippen MR) is 132 cm³/mol. The van der Waals surface area contributed by atoms with E-state index in [2.05, 4.69) is 36.0 Å². The summed E-state index contributed by atoms with van der Waals surface area (Å²) in [5.74, 6) is 7.20. The SMILES string of the molecule is CCC(C)NC1(CCOc2ccc(C#Cc3ccc(-c4ccc(Cl)cc4)cn3)cc2)CC1. The van der Waals surface area contributed by atoms with E-state index in [1.165, 1.54) is 12.8 Å². The van der Waals surface area contributed by atoms with Gasteiger partial charge in [-0.1, -0.05) is 42.6 Å².